The number of aliphatic hydroxyl groups is 1. The van der Waals surface area contributed by atoms with Gasteiger partial charge in [0.05, 0.1) is 12.0 Å². The summed E-state index contributed by atoms with van der Waals surface area (Å²) in [5.41, 5.74) is 5.33. The van der Waals surface area contributed by atoms with Crippen LogP contribution in [0.1, 0.15) is 53.2 Å². The highest BCUT2D eigenvalue weighted by Gasteiger charge is 2.50. The molecule has 1 amide bonds. The number of ether oxygens (including phenoxy) is 2. The maximum absolute atomic E-state index is 13.5. The number of nitrogens with zero attached hydrogens (tertiary/aromatic N) is 1. The minimum Gasteiger partial charge on any atom is -0.454 e. The number of aliphatic hydroxyl groups excluding tert-OH is 1. The van der Waals surface area contributed by atoms with Gasteiger partial charge in [0.15, 0.2) is 11.5 Å². The van der Waals surface area contributed by atoms with Crippen LogP contribution in [0.3, 0.4) is 0 Å². The van der Waals surface area contributed by atoms with Gasteiger partial charge in [-0.05, 0) is 78.3 Å². The summed E-state index contributed by atoms with van der Waals surface area (Å²) in [6, 6.07) is 19.6. The summed E-state index contributed by atoms with van der Waals surface area (Å²) in [5, 5.41) is 9.30. The Kier molecular flexibility index (Phi) is 7.02. The molecule has 0 atom stereocenters. The van der Waals surface area contributed by atoms with E-state index in [9.17, 15) is 14.7 Å². The third-order valence-electron chi connectivity index (χ3n) is 7.47. The van der Waals surface area contributed by atoms with Gasteiger partial charge < -0.3 is 19.5 Å². The van der Waals surface area contributed by atoms with E-state index in [1.54, 1.807) is 4.90 Å². The molecule has 0 radical (unpaired) electrons. The van der Waals surface area contributed by atoms with Gasteiger partial charge in [0, 0.05) is 25.1 Å². The summed E-state index contributed by atoms with van der Waals surface area (Å²) < 4.78 is 11.0. The van der Waals surface area contributed by atoms with E-state index < -0.39 is 5.41 Å². The second-order valence-electron chi connectivity index (χ2n) is 9.99. The molecule has 37 heavy (non-hydrogen) atoms. The van der Waals surface area contributed by atoms with Crippen LogP contribution in [0.2, 0.25) is 0 Å². The molecule has 1 N–H and O–H groups in total. The molecule has 1 aliphatic carbocycles. The average Bonchev–Trinajstić information content (AvgIpc) is 3.60. The fraction of sp³-hybridized carbons (Fsp3) is 0.355. The number of aryl methyl sites for hydroxylation is 1. The molecule has 3 aromatic carbocycles. The van der Waals surface area contributed by atoms with Gasteiger partial charge >= 0.3 is 0 Å². The molecule has 2 aliphatic rings. The molecule has 1 saturated carbocycles. The van der Waals surface area contributed by atoms with Crippen molar-refractivity contribution in [3.05, 3.63) is 82.9 Å². The van der Waals surface area contributed by atoms with Gasteiger partial charge in [0.1, 0.15) is 5.78 Å². The van der Waals surface area contributed by atoms with Crippen molar-refractivity contribution < 1.29 is 24.2 Å². The van der Waals surface area contributed by atoms with Crippen LogP contribution in [0.4, 0.5) is 0 Å². The number of hydrogen-bond donors (Lipinski definition) is 1. The molecular weight excluding hydrogens is 466 g/mol. The van der Waals surface area contributed by atoms with E-state index in [1.165, 1.54) is 0 Å². The molecule has 0 aromatic heterocycles. The van der Waals surface area contributed by atoms with E-state index >= 15 is 0 Å². The fourth-order valence-electron chi connectivity index (χ4n) is 5.17. The maximum atomic E-state index is 13.5. The predicted octanol–water partition coefficient (Wildman–Crippen LogP) is 5.08. The number of benzene rings is 3. The van der Waals surface area contributed by atoms with Crippen molar-refractivity contribution in [3.63, 3.8) is 0 Å². The lowest BCUT2D eigenvalue weighted by Gasteiger charge is -2.21. The number of rotatable bonds is 10. The van der Waals surface area contributed by atoms with Crippen LogP contribution in [0.5, 0.6) is 11.5 Å². The zero-order chi connectivity index (χ0) is 26.0. The first-order valence-electron chi connectivity index (χ1n) is 13.0. The highest BCUT2D eigenvalue weighted by molar-refractivity contribution is 5.96. The largest absolute Gasteiger partial charge is 0.454 e. The van der Waals surface area contributed by atoms with Crippen molar-refractivity contribution in [3.8, 4) is 22.6 Å². The summed E-state index contributed by atoms with van der Waals surface area (Å²) in [7, 11) is 0. The molecule has 6 nitrogen and oxygen atoms in total. The number of carbonyl (C=O) groups excluding carboxylic acids is 2. The fourth-order valence-corrected chi connectivity index (χ4v) is 5.17. The van der Waals surface area contributed by atoms with E-state index in [1.807, 2.05) is 55.5 Å². The standard InChI is InChI=1S/C31H33NO5/c1-3-14-32(15-16-33)30(35)24-8-6-23(7-9-24)26-17-22(5-4-21(26)2)18-29(34)31(12-13-31)25-10-11-27-28(19-25)37-20-36-27/h4-11,17,19,33H,3,12-16,18,20H2,1-2H3. The van der Waals surface area contributed by atoms with Crippen LogP contribution in [0, 0.1) is 6.92 Å². The second kappa shape index (κ2) is 10.4. The molecule has 0 bridgehead atoms. The monoisotopic (exact) mass is 499 g/mol. The molecule has 3 aromatic rings. The van der Waals surface area contributed by atoms with Crippen LogP contribution < -0.4 is 9.47 Å². The summed E-state index contributed by atoms with van der Waals surface area (Å²) in [5.74, 6) is 1.60. The SMILES string of the molecule is CCCN(CCO)C(=O)c1ccc(-c2cc(CC(=O)C3(c4ccc5c(c4)OCO5)CC3)ccc2C)cc1. The normalized spacial score (nSPS) is 14.9. The minimum absolute atomic E-state index is 0.0511. The summed E-state index contributed by atoms with van der Waals surface area (Å²) in [6.07, 6.45) is 2.91. The first-order valence-corrected chi connectivity index (χ1v) is 13.0. The van der Waals surface area contributed by atoms with Gasteiger partial charge in [0.2, 0.25) is 6.79 Å². The van der Waals surface area contributed by atoms with Crippen molar-refractivity contribution in [1.29, 1.82) is 0 Å². The van der Waals surface area contributed by atoms with Gasteiger partial charge in [0.25, 0.3) is 5.91 Å². The maximum Gasteiger partial charge on any atom is 0.253 e. The Labute approximate surface area is 217 Å². The van der Waals surface area contributed by atoms with Crippen molar-refractivity contribution in [2.45, 2.75) is 44.9 Å². The van der Waals surface area contributed by atoms with Crippen molar-refractivity contribution in [2.24, 2.45) is 0 Å². The highest BCUT2D eigenvalue weighted by atomic mass is 16.7. The average molecular weight is 500 g/mol. The topological polar surface area (TPSA) is 76.1 Å². The van der Waals surface area contributed by atoms with Gasteiger partial charge in [-0.2, -0.15) is 0 Å². The predicted molar refractivity (Wildman–Crippen MR) is 142 cm³/mol. The number of fused-ring (bicyclic) bond motifs is 1. The number of Topliss-reactive ketones (excluding diaryl/α,β-unsaturated/α-hetero) is 1. The molecule has 0 spiro atoms. The number of carbonyl (C=O) groups is 2. The zero-order valence-corrected chi connectivity index (χ0v) is 21.5. The van der Waals surface area contributed by atoms with E-state index in [0.29, 0.717) is 30.8 Å². The van der Waals surface area contributed by atoms with Crippen LogP contribution in [-0.2, 0) is 16.6 Å². The summed E-state index contributed by atoms with van der Waals surface area (Å²) in [4.78, 5) is 28.0. The Balaban J connectivity index is 1.33. The van der Waals surface area contributed by atoms with E-state index in [4.69, 9.17) is 9.47 Å². The van der Waals surface area contributed by atoms with E-state index in [-0.39, 0.29) is 25.1 Å². The molecule has 0 saturated heterocycles. The van der Waals surface area contributed by atoms with Gasteiger partial charge in [-0.15, -0.1) is 0 Å². The molecule has 1 heterocycles. The lowest BCUT2D eigenvalue weighted by atomic mass is 9.87. The van der Waals surface area contributed by atoms with E-state index in [2.05, 4.69) is 19.1 Å². The Hall–Kier alpha value is -3.64. The van der Waals surface area contributed by atoms with Crippen LogP contribution in [-0.4, -0.2) is 48.2 Å². The third kappa shape index (κ3) is 4.98. The van der Waals surface area contributed by atoms with E-state index in [0.717, 1.165) is 52.8 Å². The lowest BCUT2D eigenvalue weighted by molar-refractivity contribution is -0.120. The van der Waals surface area contributed by atoms with Gasteiger partial charge in [-0.1, -0.05) is 43.3 Å². The molecule has 0 unspecified atom stereocenters. The molecule has 1 aliphatic heterocycles. The van der Waals surface area contributed by atoms with Crippen molar-refractivity contribution in [1.82, 2.24) is 4.90 Å². The van der Waals surface area contributed by atoms with Crippen LogP contribution in [0.15, 0.2) is 60.7 Å². The lowest BCUT2D eigenvalue weighted by Crippen LogP contribution is -2.34. The minimum atomic E-state index is -0.438. The number of amides is 1. The molecular formula is C31H33NO5. The Morgan fingerprint density at radius 2 is 1.70 bits per heavy atom. The smallest absolute Gasteiger partial charge is 0.253 e. The quantitative estimate of drug-likeness (QED) is 0.421. The Bertz CT molecular complexity index is 1300. The summed E-state index contributed by atoms with van der Waals surface area (Å²) >= 11 is 0. The Morgan fingerprint density at radius 3 is 2.41 bits per heavy atom. The molecule has 6 heteroatoms. The summed E-state index contributed by atoms with van der Waals surface area (Å²) in [6.45, 7) is 5.19. The van der Waals surface area contributed by atoms with Crippen molar-refractivity contribution >= 4 is 11.7 Å². The van der Waals surface area contributed by atoms with Crippen LogP contribution in [0.25, 0.3) is 11.1 Å². The number of ketones is 1. The third-order valence-corrected chi connectivity index (χ3v) is 7.47. The van der Waals surface area contributed by atoms with Crippen LogP contribution >= 0.6 is 0 Å². The Morgan fingerprint density at radius 1 is 0.946 bits per heavy atom. The van der Waals surface area contributed by atoms with Crippen molar-refractivity contribution in [2.75, 3.05) is 26.5 Å². The molecule has 1 fully saturated rings. The first kappa shape index (κ1) is 25.0. The zero-order valence-electron chi connectivity index (χ0n) is 21.5. The second-order valence-corrected chi connectivity index (χ2v) is 9.99. The highest BCUT2D eigenvalue weighted by Crippen LogP contribution is 2.51. The first-order chi connectivity index (χ1) is 17.9. The molecule has 192 valence electrons. The van der Waals surface area contributed by atoms with Gasteiger partial charge in [-0.25, -0.2) is 0 Å². The number of hydrogen-bond acceptors (Lipinski definition) is 5. The molecule has 5 rings (SSSR count). The van der Waals surface area contributed by atoms with Gasteiger partial charge in [-0.3, -0.25) is 9.59 Å².